The lowest BCUT2D eigenvalue weighted by molar-refractivity contribution is -0.125. The summed E-state index contributed by atoms with van der Waals surface area (Å²) in [5, 5.41) is 18.1. The molecule has 0 saturated carbocycles. The molecule has 0 atom stereocenters. The van der Waals surface area contributed by atoms with Crippen LogP contribution in [0.3, 0.4) is 0 Å². The molecule has 1 saturated heterocycles. The predicted molar refractivity (Wildman–Crippen MR) is 132 cm³/mol. The van der Waals surface area contributed by atoms with Gasteiger partial charge in [0, 0.05) is 25.6 Å². The van der Waals surface area contributed by atoms with Gasteiger partial charge in [-0.15, -0.1) is 5.10 Å². The average molecular weight is 450 g/mol. The molecule has 3 aromatic rings. The number of hydrogen-bond donors (Lipinski definition) is 1. The third-order valence-electron chi connectivity index (χ3n) is 6.51. The Morgan fingerprint density at radius 3 is 2.45 bits per heavy atom. The number of nitrogens with one attached hydrogen (secondary N) is 1. The van der Waals surface area contributed by atoms with E-state index in [9.17, 15) is 4.79 Å². The molecule has 0 bridgehead atoms. The van der Waals surface area contributed by atoms with Crippen LogP contribution in [0, 0.1) is 26.7 Å². The summed E-state index contributed by atoms with van der Waals surface area (Å²) >= 11 is 0. The van der Waals surface area contributed by atoms with E-state index in [4.69, 9.17) is 5.10 Å². The van der Waals surface area contributed by atoms with Crippen molar-refractivity contribution in [1.29, 1.82) is 0 Å². The first-order valence-electron chi connectivity index (χ1n) is 11.8. The number of carbonyl (C=O) groups excluding carboxylic acids is 1. The second-order valence-electron chi connectivity index (χ2n) is 9.37. The minimum Gasteiger partial charge on any atom is -0.356 e. The van der Waals surface area contributed by atoms with E-state index in [0.717, 1.165) is 79.2 Å². The molecular weight excluding hydrogens is 414 g/mol. The monoisotopic (exact) mass is 449 g/mol. The zero-order valence-corrected chi connectivity index (χ0v) is 20.4. The van der Waals surface area contributed by atoms with E-state index in [1.165, 1.54) is 5.56 Å². The van der Waals surface area contributed by atoms with E-state index in [1.54, 1.807) is 0 Å². The first-order chi connectivity index (χ1) is 15.8. The fourth-order valence-electron chi connectivity index (χ4n) is 4.57. The Morgan fingerprint density at radius 1 is 1.09 bits per heavy atom. The Morgan fingerprint density at radius 2 is 1.79 bits per heavy atom. The van der Waals surface area contributed by atoms with E-state index >= 15 is 0 Å². The number of aromatic nitrogens is 4. The molecule has 0 unspecified atom stereocenters. The Balaban J connectivity index is 1.49. The summed E-state index contributed by atoms with van der Waals surface area (Å²) in [7, 11) is 4.10. The van der Waals surface area contributed by atoms with E-state index in [-0.39, 0.29) is 11.8 Å². The molecule has 1 aromatic carbocycles. The number of amides is 1. The lowest BCUT2D eigenvalue weighted by Crippen LogP contribution is -2.41. The molecule has 8 nitrogen and oxygen atoms in total. The fraction of sp³-hybridized carbons (Fsp3) is 0.520. The minimum absolute atomic E-state index is 0.0568. The van der Waals surface area contributed by atoms with E-state index < -0.39 is 0 Å². The number of anilines is 1. The van der Waals surface area contributed by atoms with Crippen molar-refractivity contribution < 1.29 is 4.79 Å². The molecule has 8 heteroatoms. The van der Waals surface area contributed by atoms with Gasteiger partial charge in [-0.2, -0.15) is 10.2 Å². The van der Waals surface area contributed by atoms with Gasteiger partial charge in [-0.05, 0) is 72.8 Å². The Kier molecular flexibility index (Phi) is 6.93. The van der Waals surface area contributed by atoms with Crippen LogP contribution in [0.1, 0.15) is 36.2 Å². The predicted octanol–water partition coefficient (Wildman–Crippen LogP) is 3.03. The van der Waals surface area contributed by atoms with Gasteiger partial charge in [0.1, 0.15) is 5.52 Å². The number of carbonyl (C=O) groups is 1. The van der Waals surface area contributed by atoms with Crippen molar-refractivity contribution in [1.82, 2.24) is 30.2 Å². The summed E-state index contributed by atoms with van der Waals surface area (Å²) in [5.41, 5.74) is 5.08. The van der Waals surface area contributed by atoms with Crippen LogP contribution in [-0.4, -0.2) is 71.1 Å². The van der Waals surface area contributed by atoms with Crippen molar-refractivity contribution in [3.8, 4) is 5.69 Å². The summed E-state index contributed by atoms with van der Waals surface area (Å²) in [6, 6.07) is 8.38. The standard InChI is InChI=1S/C25H35N7O/c1-17-7-9-21(10-8-17)32-19(3)22-18(2)27-28-24(23(22)29-32)31-15-11-20(12-16-31)25(33)26-13-6-14-30(4)5/h7-10,20H,6,11-16H2,1-5H3,(H,26,33). The molecule has 1 amide bonds. The molecule has 1 aliphatic rings. The zero-order chi connectivity index (χ0) is 23.5. The fourth-order valence-corrected chi connectivity index (χ4v) is 4.57. The third-order valence-corrected chi connectivity index (χ3v) is 6.51. The van der Waals surface area contributed by atoms with Crippen molar-refractivity contribution in [3.05, 3.63) is 41.2 Å². The van der Waals surface area contributed by atoms with Crippen LogP contribution in [0.5, 0.6) is 0 Å². The molecule has 1 aliphatic heterocycles. The molecule has 176 valence electrons. The highest BCUT2D eigenvalue weighted by molar-refractivity contribution is 5.92. The molecule has 1 fully saturated rings. The topological polar surface area (TPSA) is 79.2 Å². The molecular formula is C25H35N7O. The van der Waals surface area contributed by atoms with Gasteiger partial charge in [-0.25, -0.2) is 4.68 Å². The SMILES string of the molecule is Cc1ccc(-n2nc3c(N4CCC(C(=O)NCCCN(C)C)CC4)nnc(C)c3c2C)cc1. The molecule has 0 aliphatic carbocycles. The molecule has 0 spiro atoms. The van der Waals surface area contributed by atoms with Crippen molar-refractivity contribution >= 4 is 22.6 Å². The first-order valence-corrected chi connectivity index (χ1v) is 11.8. The average Bonchev–Trinajstić information content (AvgIpc) is 3.15. The maximum absolute atomic E-state index is 12.6. The summed E-state index contributed by atoms with van der Waals surface area (Å²) < 4.78 is 1.98. The second-order valence-corrected chi connectivity index (χ2v) is 9.37. The molecule has 2 aromatic heterocycles. The number of nitrogens with zero attached hydrogens (tertiary/aromatic N) is 6. The van der Waals surface area contributed by atoms with Gasteiger partial charge in [-0.3, -0.25) is 4.79 Å². The molecule has 0 radical (unpaired) electrons. The van der Waals surface area contributed by atoms with Gasteiger partial charge in [-0.1, -0.05) is 17.7 Å². The number of rotatable bonds is 7. The molecule has 3 heterocycles. The van der Waals surface area contributed by atoms with E-state index in [1.807, 2.05) is 25.7 Å². The Bertz CT molecular complexity index is 1110. The molecule has 33 heavy (non-hydrogen) atoms. The number of hydrogen-bond acceptors (Lipinski definition) is 6. The third kappa shape index (κ3) is 5.00. The van der Waals surface area contributed by atoms with Crippen molar-refractivity contribution in [2.24, 2.45) is 5.92 Å². The summed E-state index contributed by atoms with van der Waals surface area (Å²) in [4.78, 5) is 17.0. The highest BCUT2D eigenvalue weighted by atomic mass is 16.1. The van der Waals surface area contributed by atoms with E-state index in [2.05, 4.69) is 63.4 Å². The number of piperidine rings is 1. The van der Waals surface area contributed by atoms with Gasteiger partial charge in [0.25, 0.3) is 0 Å². The van der Waals surface area contributed by atoms with Crippen molar-refractivity contribution in [3.63, 3.8) is 0 Å². The lowest BCUT2D eigenvalue weighted by Gasteiger charge is -2.32. The second kappa shape index (κ2) is 9.87. The van der Waals surface area contributed by atoms with Crippen LogP contribution in [0.15, 0.2) is 24.3 Å². The van der Waals surface area contributed by atoms with Crippen molar-refractivity contribution in [2.75, 3.05) is 45.2 Å². The van der Waals surface area contributed by atoms with Gasteiger partial charge >= 0.3 is 0 Å². The van der Waals surface area contributed by atoms with E-state index in [0.29, 0.717) is 0 Å². The van der Waals surface area contributed by atoms with Crippen LogP contribution in [0.2, 0.25) is 0 Å². The quantitative estimate of drug-likeness (QED) is 0.559. The largest absolute Gasteiger partial charge is 0.356 e. The highest BCUT2D eigenvalue weighted by Gasteiger charge is 2.28. The highest BCUT2D eigenvalue weighted by Crippen LogP contribution is 2.31. The van der Waals surface area contributed by atoms with Gasteiger partial charge in [0.2, 0.25) is 5.91 Å². The molecule has 1 N–H and O–H groups in total. The maximum atomic E-state index is 12.6. The van der Waals surface area contributed by atoms with Gasteiger partial charge in [0.15, 0.2) is 5.82 Å². The van der Waals surface area contributed by atoms with Crippen LogP contribution < -0.4 is 10.2 Å². The number of fused-ring (bicyclic) bond motifs is 1. The van der Waals surface area contributed by atoms with Gasteiger partial charge < -0.3 is 15.1 Å². The number of aryl methyl sites for hydroxylation is 3. The summed E-state index contributed by atoms with van der Waals surface area (Å²) in [5.74, 6) is 1.05. The van der Waals surface area contributed by atoms with Crippen molar-refractivity contribution in [2.45, 2.75) is 40.0 Å². The summed E-state index contributed by atoms with van der Waals surface area (Å²) in [6.07, 6.45) is 2.60. The normalized spacial score (nSPS) is 14.9. The van der Waals surface area contributed by atoms with Crippen LogP contribution in [-0.2, 0) is 4.79 Å². The molecule has 4 rings (SSSR count). The zero-order valence-electron chi connectivity index (χ0n) is 20.4. The number of benzene rings is 1. The first kappa shape index (κ1) is 23.2. The summed E-state index contributed by atoms with van der Waals surface area (Å²) in [6.45, 7) is 9.42. The van der Waals surface area contributed by atoms with Gasteiger partial charge in [0.05, 0.1) is 22.5 Å². The Hall–Kier alpha value is -3.00. The lowest BCUT2D eigenvalue weighted by atomic mass is 9.95. The minimum atomic E-state index is 0.0568. The van der Waals surface area contributed by atoms with Crippen LogP contribution in [0.4, 0.5) is 5.82 Å². The van der Waals surface area contributed by atoms with Crippen LogP contribution in [0.25, 0.3) is 16.6 Å². The maximum Gasteiger partial charge on any atom is 0.223 e. The smallest absolute Gasteiger partial charge is 0.223 e. The Labute approximate surface area is 196 Å². The van der Waals surface area contributed by atoms with Crippen LogP contribution >= 0.6 is 0 Å².